The van der Waals surface area contributed by atoms with E-state index in [0.717, 1.165) is 6.07 Å². The number of benzene rings is 2. The van der Waals surface area contributed by atoms with Crippen LogP contribution in [0.5, 0.6) is 0 Å². The third-order valence-electron chi connectivity index (χ3n) is 6.38. The highest BCUT2D eigenvalue weighted by Gasteiger charge is 2.35. The number of aromatic nitrogens is 1. The van der Waals surface area contributed by atoms with Gasteiger partial charge in [-0.1, -0.05) is 30.3 Å². The highest BCUT2D eigenvalue weighted by Crippen LogP contribution is 2.37. The zero-order valence-electron chi connectivity index (χ0n) is 19.9. The highest BCUT2D eigenvalue weighted by atomic mass is 19.4. The Kier molecular flexibility index (Phi) is 7.53. The zero-order valence-corrected chi connectivity index (χ0v) is 19.9. The molecule has 38 heavy (non-hydrogen) atoms. The Balaban J connectivity index is 1.50. The Hall–Kier alpha value is -4.19. The topological polar surface area (TPSA) is 152 Å². The standard InChI is InChI=1S/C26H24F3N3O6/c27-26(28,29)19-4-2-1-3-16(19)21-10-14-6-5-13(9-17(14)24(36)32-21)18-11-15(31-23(18)35)12-38-25(37)20(30)7-8-22(33)34/h1-6,9-10,15,18,20H,7-8,11-12,30H2,(H,31,35)(H,32,36)(H,33,34)/t15?,18-,20+/m1/s1. The van der Waals surface area contributed by atoms with E-state index in [1.807, 2.05) is 0 Å². The number of amides is 1. The van der Waals surface area contributed by atoms with Gasteiger partial charge in [-0.25, -0.2) is 0 Å². The van der Waals surface area contributed by atoms with Crippen molar-refractivity contribution in [3.05, 3.63) is 70.0 Å². The van der Waals surface area contributed by atoms with E-state index >= 15 is 0 Å². The lowest BCUT2D eigenvalue weighted by molar-refractivity contribution is -0.146. The number of hydrogen-bond donors (Lipinski definition) is 4. The largest absolute Gasteiger partial charge is 0.481 e. The van der Waals surface area contributed by atoms with Crippen LogP contribution >= 0.6 is 0 Å². The van der Waals surface area contributed by atoms with Crippen LogP contribution in [0.1, 0.15) is 36.3 Å². The molecule has 0 aliphatic carbocycles. The summed E-state index contributed by atoms with van der Waals surface area (Å²) in [6.07, 6.45) is -4.70. The first-order valence-corrected chi connectivity index (χ1v) is 11.7. The number of pyridine rings is 1. The van der Waals surface area contributed by atoms with Crippen LogP contribution < -0.4 is 16.6 Å². The van der Waals surface area contributed by atoms with Crippen molar-refractivity contribution in [2.75, 3.05) is 6.61 Å². The van der Waals surface area contributed by atoms with Crippen LogP contribution in [-0.4, -0.2) is 46.6 Å². The van der Waals surface area contributed by atoms with Crippen LogP contribution in [0.2, 0.25) is 0 Å². The molecule has 4 rings (SSSR count). The summed E-state index contributed by atoms with van der Waals surface area (Å²) in [5, 5.41) is 12.0. The number of carbonyl (C=O) groups is 3. The molecule has 0 spiro atoms. The van der Waals surface area contributed by atoms with Crippen molar-refractivity contribution < 1.29 is 37.4 Å². The Morgan fingerprint density at radius 3 is 2.58 bits per heavy atom. The molecule has 5 N–H and O–H groups in total. The number of aromatic amines is 1. The Labute approximate surface area is 213 Å². The Bertz CT molecular complexity index is 1450. The van der Waals surface area contributed by atoms with Crippen molar-refractivity contribution in [3.63, 3.8) is 0 Å². The maximum absolute atomic E-state index is 13.5. The number of aliphatic carboxylic acids is 1. The molecule has 0 saturated carbocycles. The number of hydrogen-bond acceptors (Lipinski definition) is 6. The number of rotatable bonds is 8. The Morgan fingerprint density at radius 1 is 1.13 bits per heavy atom. The number of carbonyl (C=O) groups excluding carboxylic acids is 2. The first-order valence-electron chi connectivity index (χ1n) is 11.7. The van der Waals surface area contributed by atoms with Crippen molar-refractivity contribution in [1.29, 1.82) is 0 Å². The van der Waals surface area contributed by atoms with Gasteiger partial charge in [0.1, 0.15) is 12.6 Å². The van der Waals surface area contributed by atoms with Gasteiger partial charge in [-0.05, 0) is 42.0 Å². The smallest absolute Gasteiger partial charge is 0.417 e. The molecule has 1 fully saturated rings. The van der Waals surface area contributed by atoms with Crippen molar-refractivity contribution in [1.82, 2.24) is 10.3 Å². The summed E-state index contributed by atoms with van der Waals surface area (Å²) in [5.41, 5.74) is 4.54. The van der Waals surface area contributed by atoms with Crippen molar-refractivity contribution in [3.8, 4) is 11.3 Å². The molecule has 9 nitrogen and oxygen atoms in total. The second kappa shape index (κ2) is 10.7. The molecule has 3 aromatic rings. The number of carboxylic acid groups (broad SMARTS) is 1. The average molecular weight is 531 g/mol. The predicted molar refractivity (Wildman–Crippen MR) is 130 cm³/mol. The molecule has 1 aromatic heterocycles. The summed E-state index contributed by atoms with van der Waals surface area (Å²) >= 11 is 0. The van der Waals surface area contributed by atoms with E-state index in [-0.39, 0.29) is 48.4 Å². The quantitative estimate of drug-likeness (QED) is 0.326. The van der Waals surface area contributed by atoms with Gasteiger partial charge in [-0.2, -0.15) is 13.2 Å². The summed E-state index contributed by atoms with van der Waals surface area (Å²) < 4.78 is 45.5. The lowest BCUT2D eigenvalue weighted by Crippen LogP contribution is -2.37. The van der Waals surface area contributed by atoms with Crippen LogP contribution in [0.15, 0.2) is 53.3 Å². The van der Waals surface area contributed by atoms with Gasteiger partial charge >= 0.3 is 18.1 Å². The lowest BCUT2D eigenvalue weighted by atomic mass is 9.93. The van der Waals surface area contributed by atoms with E-state index in [4.69, 9.17) is 15.6 Å². The fourth-order valence-corrected chi connectivity index (χ4v) is 4.44. The second-order valence-electron chi connectivity index (χ2n) is 9.06. The number of carboxylic acids is 1. The molecule has 0 radical (unpaired) electrons. The molecule has 3 atom stereocenters. The number of halogens is 3. The first kappa shape index (κ1) is 26.9. The fraction of sp³-hybridized carbons (Fsp3) is 0.308. The van der Waals surface area contributed by atoms with Crippen molar-refractivity contribution in [2.45, 2.75) is 43.4 Å². The fourth-order valence-electron chi connectivity index (χ4n) is 4.44. The Morgan fingerprint density at radius 2 is 1.87 bits per heavy atom. The summed E-state index contributed by atoms with van der Waals surface area (Å²) in [4.78, 5) is 50.6. The van der Waals surface area contributed by atoms with E-state index in [1.165, 1.54) is 30.3 Å². The minimum absolute atomic E-state index is 0.0187. The minimum Gasteiger partial charge on any atom is -0.481 e. The summed E-state index contributed by atoms with van der Waals surface area (Å²) in [5.74, 6) is -2.85. The third-order valence-corrected chi connectivity index (χ3v) is 6.38. The third kappa shape index (κ3) is 5.86. The highest BCUT2D eigenvalue weighted by molar-refractivity contribution is 5.90. The summed E-state index contributed by atoms with van der Waals surface area (Å²) in [6, 6.07) is 9.50. The number of nitrogens with one attached hydrogen (secondary N) is 2. The maximum atomic E-state index is 13.5. The molecule has 1 amide bonds. The van der Waals surface area contributed by atoms with E-state index in [2.05, 4.69) is 10.3 Å². The van der Waals surface area contributed by atoms with Gasteiger partial charge in [0.2, 0.25) is 5.91 Å². The molecular weight excluding hydrogens is 507 g/mol. The van der Waals surface area contributed by atoms with Crippen LogP contribution in [0.4, 0.5) is 13.2 Å². The van der Waals surface area contributed by atoms with Gasteiger partial charge in [-0.3, -0.25) is 19.2 Å². The SMILES string of the molecule is N[C@@H](CCC(=O)O)C(=O)OCC1C[C@H](c2ccc3cc(-c4ccccc4C(F)(F)F)[nH]c(=O)c3c2)C(=O)N1. The van der Waals surface area contributed by atoms with Gasteiger partial charge in [0.25, 0.3) is 5.56 Å². The van der Waals surface area contributed by atoms with Crippen LogP contribution in [0.25, 0.3) is 22.0 Å². The number of ether oxygens (including phenoxy) is 1. The van der Waals surface area contributed by atoms with E-state index < -0.39 is 47.2 Å². The average Bonchev–Trinajstić information content (AvgIpc) is 3.25. The zero-order chi connectivity index (χ0) is 27.6. The predicted octanol–water partition coefficient (Wildman–Crippen LogP) is 2.92. The van der Waals surface area contributed by atoms with E-state index in [0.29, 0.717) is 10.9 Å². The van der Waals surface area contributed by atoms with Crippen molar-refractivity contribution in [2.24, 2.45) is 5.73 Å². The van der Waals surface area contributed by atoms with Gasteiger partial charge in [-0.15, -0.1) is 0 Å². The second-order valence-corrected chi connectivity index (χ2v) is 9.06. The lowest BCUT2D eigenvalue weighted by Gasteiger charge is -2.14. The monoisotopic (exact) mass is 531 g/mol. The molecule has 2 heterocycles. The molecule has 200 valence electrons. The molecule has 1 aliphatic rings. The van der Waals surface area contributed by atoms with Crippen LogP contribution in [0.3, 0.4) is 0 Å². The molecule has 1 aliphatic heterocycles. The first-order chi connectivity index (χ1) is 17.9. The normalized spacial score (nSPS) is 18.3. The number of fused-ring (bicyclic) bond motifs is 1. The number of H-pyrrole nitrogens is 1. The van der Waals surface area contributed by atoms with E-state index in [9.17, 15) is 32.3 Å². The minimum atomic E-state index is -4.60. The van der Waals surface area contributed by atoms with Gasteiger partial charge in [0.15, 0.2) is 0 Å². The summed E-state index contributed by atoms with van der Waals surface area (Å²) in [6.45, 7) is -0.155. The van der Waals surface area contributed by atoms with E-state index in [1.54, 1.807) is 12.1 Å². The van der Waals surface area contributed by atoms with Crippen LogP contribution in [-0.2, 0) is 25.3 Å². The number of alkyl halides is 3. The summed E-state index contributed by atoms with van der Waals surface area (Å²) in [7, 11) is 0. The molecule has 2 aromatic carbocycles. The van der Waals surface area contributed by atoms with Gasteiger partial charge in [0, 0.05) is 23.1 Å². The molecular formula is C26H24F3N3O6. The number of esters is 1. The van der Waals surface area contributed by atoms with Crippen LogP contribution in [0, 0.1) is 0 Å². The molecule has 1 unspecified atom stereocenters. The van der Waals surface area contributed by atoms with Gasteiger partial charge in [0.05, 0.1) is 17.5 Å². The molecule has 0 bridgehead atoms. The maximum Gasteiger partial charge on any atom is 0.417 e. The van der Waals surface area contributed by atoms with Gasteiger partial charge < -0.3 is 25.9 Å². The molecule has 12 heteroatoms. The van der Waals surface area contributed by atoms with Crippen molar-refractivity contribution >= 4 is 28.6 Å². The number of nitrogens with two attached hydrogens (primary N) is 1. The molecule has 1 saturated heterocycles.